The van der Waals surface area contributed by atoms with Gasteiger partial charge in [0.05, 0.1) is 0 Å². The minimum atomic E-state index is -0.282. The molecule has 2 amide bonds. The fraction of sp³-hybridized carbons (Fsp3) is 0. The smallest absolute Gasteiger partial charge is 0.311 e. The van der Waals surface area contributed by atoms with E-state index in [2.05, 4.69) is 10.6 Å². The lowest BCUT2D eigenvalue weighted by atomic mass is 11.0. The summed E-state index contributed by atoms with van der Waals surface area (Å²) in [6, 6.07) is -0.282. The first-order chi connectivity index (χ1) is 2.89. The monoisotopic (exact) mass is 119 g/mol. The van der Waals surface area contributed by atoms with Gasteiger partial charge in [-0.1, -0.05) is 0 Å². The van der Waals surface area contributed by atoms with Crippen LogP contribution in [0.15, 0.2) is 12.4 Å². The van der Waals surface area contributed by atoms with E-state index in [0.29, 0.717) is 0 Å². The maximum absolute atomic E-state index is 9.90. The van der Waals surface area contributed by atoms with E-state index in [0.717, 1.165) is 0 Å². The molecule has 0 aromatic rings. The van der Waals surface area contributed by atoms with E-state index < -0.39 is 0 Å². The van der Waals surface area contributed by atoms with Crippen LogP contribution in [0.3, 0.4) is 0 Å². The fourth-order valence-corrected chi connectivity index (χ4v) is 0.251. The molecule has 0 aliphatic carbocycles. The normalized spacial score (nSPS) is 14.6. The van der Waals surface area contributed by atoms with Crippen molar-refractivity contribution in [2.45, 2.75) is 0 Å². The second kappa shape index (κ2) is 2.47. The highest BCUT2D eigenvalue weighted by Crippen LogP contribution is 1.76. The first-order valence-corrected chi connectivity index (χ1v) is 1.56. The zero-order chi connectivity index (χ0) is 4.41. The average molecular weight is 120 g/mol. The first kappa shape index (κ1) is 6.30. The summed E-state index contributed by atoms with van der Waals surface area (Å²) >= 11 is 0. The van der Waals surface area contributed by atoms with Gasteiger partial charge >= 0.3 is 6.03 Å². The van der Waals surface area contributed by atoms with Gasteiger partial charge < -0.3 is 5.32 Å². The number of amides is 2. The standard InChI is InChI=1S/C3H3N2O.ClH/c6-3-4-1-2-5-3;/h1-2H,(H,4,6);1H. The number of urea groups is 1. The Bertz CT molecular complexity index is 91.1. The lowest BCUT2D eigenvalue weighted by Gasteiger charge is -1.77. The van der Waals surface area contributed by atoms with Gasteiger partial charge in [-0.25, -0.2) is 10.1 Å². The van der Waals surface area contributed by atoms with Gasteiger partial charge in [-0.05, 0) is 0 Å². The van der Waals surface area contributed by atoms with Gasteiger partial charge in [-0.3, -0.25) is 0 Å². The molecule has 4 heteroatoms. The number of hydrogen-bond acceptors (Lipinski definition) is 1. The molecule has 1 aliphatic rings. The summed E-state index contributed by atoms with van der Waals surface area (Å²) in [5, 5.41) is 5.64. The molecular weight excluding hydrogens is 115 g/mol. The summed E-state index contributed by atoms with van der Waals surface area (Å²) in [6.45, 7) is 0. The lowest BCUT2D eigenvalue weighted by molar-refractivity contribution is 0.248. The van der Waals surface area contributed by atoms with Crippen molar-refractivity contribution in [3.63, 3.8) is 0 Å². The average Bonchev–Trinajstić information content (AvgIpc) is 1.86. The number of carbonyl (C=O) groups is 1. The van der Waals surface area contributed by atoms with Crippen molar-refractivity contribution in [1.82, 2.24) is 10.6 Å². The Balaban J connectivity index is 0.000000360. The van der Waals surface area contributed by atoms with Gasteiger partial charge in [-0.15, -0.1) is 12.4 Å². The second-order valence-electron chi connectivity index (χ2n) is 0.894. The number of rotatable bonds is 0. The van der Waals surface area contributed by atoms with Crippen LogP contribution in [0, 0.1) is 0 Å². The largest absolute Gasteiger partial charge is 0.344 e. The van der Waals surface area contributed by atoms with Gasteiger partial charge in [0, 0.05) is 12.4 Å². The van der Waals surface area contributed by atoms with Crippen LogP contribution in [0.2, 0.25) is 0 Å². The van der Waals surface area contributed by atoms with E-state index in [4.69, 9.17) is 0 Å². The van der Waals surface area contributed by atoms with Gasteiger partial charge in [0.15, 0.2) is 0 Å². The van der Waals surface area contributed by atoms with E-state index in [1.807, 2.05) is 0 Å². The van der Waals surface area contributed by atoms with Crippen molar-refractivity contribution < 1.29 is 4.79 Å². The zero-order valence-electron chi connectivity index (χ0n) is 3.42. The molecule has 1 N–H and O–H groups in total. The molecule has 0 atom stereocenters. The highest BCUT2D eigenvalue weighted by Gasteiger charge is 1.98. The molecule has 0 spiro atoms. The van der Waals surface area contributed by atoms with Crippen LogP contribution in [0.1, 0.15) is 0 Å². The number of hydrogen-bond donors (Lipinski definition) is 1. The Hall–Kier alpha value is -0.700. The van der Waals surface area contributed by atoms with Crippen LogP contribution >= 0.6 is 12.4 Å². The SMILES string of the molecule is Cl.O=C1[N]C=CN1. The zero-order valence-corrected chi connectivity index (χ0v) is 4.23. The maximum Gasteiger partial charge on any atom is 0.344 e. The third kappa shape index (κ3) is 1.45. The Morgan fingerprint density at radius 1 is 1.71 bits per heavy atom. The molecule has 0 fully saturated rings. The Morgan fingerprint density at radius 2 is 2.43 bits per heavy atom. The summed E-state index contributed by atoms with van der Waals surface area (Å²) in [5.41, 5.74) is 0. The van der Waals surface area contributed by atoms with Crippen LogP contribution in [0.25, 0.3) is 0 Å². The molecule has 1 aliphatic heterocycles. The summed E-state index contributed by atoms with van der Waals surface area (Å²) in [5.74, 6) is 0. The van der Waals surface area contributed by atoms with Crippen molar-refractivity contribution in [3.05, 3.63) is 12.4 Å². The molecule has 0 saturated heterocycles. The summed E-state index contributed by atoms with van der Waals surface area (Å²) < 4.78 is 0. The van der Waals surface area contributed by atoms with Crippen molar-refractivity contribution in [3.8, 4) is 0 Å². The van der Waals surface area contributed by atoms with Gasteiger partial charge in [-0.2, -0.15) is 0 Å². The topological polar surface area (TPSA) is 43.2 Å². The van der Waals surface area contributed by atoms with Crippen LogP contribution in [0.5, 0.6) is 0 Å². The van der Waals surface area contributed by atoms with Crippen molar-refractivity contribution in [2.24, 2.45) is 0 Å². The van der Waals surface area contributed by atoms with Crippen molar-refractivity contribution in [1.29, 1.82) is 0 Å². The summed E-state index contributed by atoms with van der Waals surface area (Å²) in [7, 11) is 0. The minimum absolute atomic E-state index is 0. The Morgan fingerprint density at radius 3 is 2.57 bits per heavy atom. The second-order valence-corrected chi connectivity index (χ2v) is 0.894. The molecule has 0 aromatic heterocycles. The Labute approximate surface area is 47.2 Å². The van der Waals surface area contributed by atoms with Gasteiger partial charge in [0.1, 0.15) is 0 Å². The molecular formula is C3H4ClN2O. The Kier molecular flexibility index (Phi) is 2.22. The van der Waals surface area contributed by atoms with Crippen LogP contribution < -0.4 is 10.6 Å². The summed E-state index contributed by atoms with van der Waals surface area (Å²) in [4.78, 5) is 9.90. The predicted molar refractivity (Wildman–Crippen MR) is 27.1 cm³/mol. The van der Waals surface area contributed by atoms with Crippen molar-refractivity contribution >= 4 is 18.4 Å². The molecule has 0 aromatic carbocycles. The van der Waals surface area contributed by atoms with Crippen LogP contribution in [0.4, 0.5) is 4.79 Å². The fourth-order valence-electron chi connectivity index (χ4n) is 0.251. The van der Waals surface area contributed by atoms with Gasteiger partial charge in [0.25, 0.3) is 0 Å². The van der Waals surface area contributed by atoms with E-state index in [1.54, 1.807) is 0 Å². The van der Waals surface area contributed by atoms with E-state index in [9.17, 15) is 4.79 Å². The quantitative estimate of drug-likeness (QED) is 0.487. The summed E-state index contributed by atoms with van der Waals surface area (Å²) in [6.07, 6.45) is 2.91. The molecule has 0 bridgehead atoms. The molecule has 1 radical (unpaired) electrons. The number of carbonyl (C=O) groups excluding carboxylic acids is 1. The molecule has 7 heavy (non-hydrogen) atoms. The first-order valence-electron chi connectivity index (χ1n) is 1.56. The molecule has 39 valence electrons. The molecule has 3 nitrogen and oxygen atoms in total. The van der Waals surface area contributed by atoms with Crippen molar-refractivity contribution in [2.75, 3.05) is 0 Å². The van der Waals surface area contributed by atoms with Crippen LogP contribution in [-0.2, 0) is 0 Å². The lowest BCUT2D eigenvalue weighted by Crippen LogP contribution is -2.14. The predicted octanol–water partition coefficient (Wildman–Crippen LogP) is 0.207. The molecule has 1 rings (SSSR count). The highest BCUT2D eigenvalue weighted by molar-refractivity contribution is 5.85. The third-order valence-electron chi connectivity index (χ3n) is 0.473. The number of nitrogens with zero attached hydrogens (tertiary/aromatic N) is 1. The molecule has 0 saturated carbocycles. The van der Waals surface area contributed by atoms with Crippen LogP contribution in [-0.4, -0.2) is 6.03 Å². The van der Waals surface area contributed by atoms with E-state index >= 15 is 0 Å². The van der Waals surface area contributed by atoms with E-state index in [1.165, 1.54) is 12.4 Å². The maximum atomic E-state index is 9.90. The third-order valence-corrected chi connectivity index (χ3v) is 0.473. The minimum Gasteiger partial charge on any atom is -0.311 e. The number of nitrogens with one attached hydrogen (secondary N) is 1. The number of halogens is 1. The molecule has 0 unspecified atom stereocenters. The van der Waals surface area contributed by atoms with E-state index in [-0.39, 0.29) is 18.4 Å². The molecule has 1 heterocycles. The van der Waals surface area contributed by atoms with Gasteiger partial charge in [0.2, 0.25) is 0 Å². The highest BCUT2D eigenvalue weighted by atomic mass is 35.5.